The second-order valence-corrected chi connectivity index (χ2v) is 5.25. The first kappa shape index (κ1) is 14.4. The van der Waals surface area contributed by atoms with Crippen molar-refractivity contribution in [1.82, 2.24) is 4.90 Å². The topological polar surface area (TPSA) is 89.4 Å². The summed E-state index contributed by atoms with van der Waals surface area (Å²) in [6, 6.07) is 7.08. The number of primary amides is 1. The zero-order valence-corrected chi connectivity index (χ0v) is 11.5. The number of nitrogen functional groups attached to an aromatic ring is 1. The SMILES string of the molecule is NC(=O)C1CCCCN1C(=O)CCc1cccc(N)c1. The number of nitrogens with two attached hydrogens (primary N) is 2. The van der Waals surface area contributed by atoms with E-state index >= 15 is 0 Å². The van der Waals surface area contributed by atoms with Gasteiger partial charge < -0.3 is 16.4 Å². The molecule has 1 atom stereocenters. The smallest absolute Gasteiger partial charge is 0.240 e. The molecular formula is C15H21N3O2. The maximum absolute atomic E-state index is 12.3. The molecule has 1 aliphatic rings. The van der Waals surface area contributed by atoms with E-state index in [-0.39, 0.29) is 5.91 Å². The van der Waals surface area contributed by atoms with E-state index in [9.17, 15) is 9.59 Å². The quantitative estimate of drug-likeness (QED) is 0.805. The molecule has 20 heavy (non-hydrogen) atoms. The van der Waals surface area contributed by atoms with Crippen molar-refractivity contribution in [3.8, 4) is 0 Å². The highest BCUT2D eigenvalue weighted by molar-refractivity contribution is 5.86. The van der Waals surface area contributed by atoms with Crippen molar-refractivity contribution in [2.24, 2.45) is 5.73 Å². The number of aryl methyl sites for hydroxylation is 1. The predicted octanol–water partition coefficient (Wildman–Crippen LogP) is 1.07. The molecule has 1 saturated heterocycles. The molecule has 1 unspecified atom stereocenters. The number of likely N-dealkylation sites (tertiary alicyclic amines) is 1. The Bertz CT molecular complexity index is 502. The number of benzene rings is 1. The first-order chi connectivity index (χ1) is 9.58. The summed E-state index contributed by atoms with van der Waals surface area (Å²) in [5, 5.41) is 0. The van der Waals surface area contributed by atoms with Gasteiger partial charge in [-0.1, -0.05) is 12.1 Å². The third kappa shape index (κ3) is 3.50. The van der Waals surface area contributed by atoms with Gasteiger partial charge in [-0.2, -0.15) is 0 Å². The van der Waals surface area contributed by atoms with Gasteiger partial charge in [-0.3, -0.25) is 9.59 Å². The van der Waals surface area contributed by atoms with E-state index in [1.807, 2.05) is 24.3 Å². The molecule has 0 aliphatic carbocycles. The van der Waals surface area contributed by atoms with Gasteiger partial charge in [0.1, 0.15) is 6.04 Å². The summed E-state index contributed by atoms with van der Waals surface area (Å²) in [6.07, 6.45) is 3.58. The molecule has 0 aromatic heterocycles. The lowest BCUT2D eigenvalue weighted by molar-refractivity contribution is -0.141. The van der Waals surface area contributed by atoms with Gasteiger partial charge in [-0.15, -0.1) is 0 Å². The first-order valence-corrected chi connectivity index (χ1v) is 7.01. The number of piperidine rings is 1. The summed E-state index contributed by atoms with van der Waals surface area (Å²) < 4.78 is 0. The van der Waals surface area contributed by atoms with Crippen molar-refractivity contribution >= 4 is 17.5 Å². The first-order valence-electron chi connectivity index (χ1n) is 7.01. The molecule has 0 bridgehead atoms. The molecule has 1 fully saturated rings. The monoisotopic (exact) mass is 275 g/mol. The third-order valence-electron chi connectivity index (χ3n) is 3.73. The van der Waals surface area contributed by atoms with Crippen molar-refractivity contribution in [3.05, 3.63) is 29.8 Å². The fourth-order valence-electron chi connectivity index (χ4n) is 2.67. The molecule has 1 aromatic carbocycles. The molecule has 2 amide bonds. The minimum atomic E-state index is -0.433. The van der Waals surface area contributed by atoms with Crippen LogP contribution in [0.2, 0.25) is 0 Å². The molecule has 0 saturated carbocycles. The van der Waals surface area contributed by atoms with E-state index in [2.05, 4.69) is 0 Å². The van der Waals surface area contributed by atoms with Gasteiger partial charge in [0.25, 0.3) is 0 Å². The van der Waals surface area contributed by atoms with Gasteiger partial charge in [-0.25, -0.2) is 0 Å². The van der Waals surface area contributed by atoms with E-state index < -0.39 is 11.9 Å². The molecule has 0 radical (unpaired) electrons. The largest absolute Gasteiger partial charge is 0.399 e. The van der Waals surface area contributed by atoms with Crippen LogP contribution < -0.4 is 11.5 Å². The molecule has 0 spiro atoms. The molecule has 1 aliphatic heterocycles. The number of anilines is 1. The van der Waals surface area contributed by atoms with Gasteiger partial charge in [0, 0.05) is 18.7 Å². The Hall–Kier alpha value is -2.04. The van der Waals surface area contributed by atoms with Crippen LogP contribution in [0, 0.1) is 0 Å². The van der Waals surface area contributed by atoms with E-state index in [1.54, 1.807) is 4.90 Å². The zero-order valence-electron chi connectivity index (χ0n) is 11.5. The van der Waals surface area contributed by atoms with Crippen molar-refractivity contribution in [3.63, 3.8) is 0 Å². The fourth-order valence-corrected chi connectivity index (χ4v) is 2.67. The second-order valence-electron chi connectivity index (χ2n) is 5.25. The van der Waals surface area contributed by atoms with Crippen molar-refractivity contribution < 1.29 is 9.59 Å². The van der Waals surface area contributed by atoms with Crippen LogP contribution >= 0.6 is 0 Å². The Morgan fingerprint density at radius 2 is 2.10 bits per heavy atom. The molecule has 4 N–H and O–H groups in total. The fraction of sp³-hybridized carbons (Fsp3) is 0.467. The standard InChI is InChI=1S/C15H21N3O2/c16-12-5-3-4-11(10-12)7-8-14(19)18-9-2-1-6-13(18)15(17)20/h3-5,10,13H,1-2,6-9,16H2,(H2,17,20). The highest BCUT2D eigenvalue weighted by Crippen LogP contribution is 2.18. The number of rotatable bonds is 4. The molecule has 1 heterocycles. The normalized spacial score (nSPS) is 18.8. The van der Waals surface area contributed by atoms with Gasteiger partial charge in [0.2, 0.25) is 11.8 Å². The Balaban J connectivity index is 1.95. The van der Waals surface area contributed by atoms with Gasteiger partial charge in [0.15, 0.2) is 0 Å². The Kier molecular flexibility index (Phi) is 4.61. The minimum Gasteiger partial charge on any atom is -0.399 e. The average Bonchev–Trinajstić information content (AvgIpc) is 2.45. The van der Waals surface area contributed by atoms with Gasteiger partial charge >= 0.3 is 0 Å². The summed E-state index contributed by atoms with van der Waals surface area (Å²) in [5.41, 5.74) is 12.8. The van der Waals surface area contributed by atoms with Crippen LogP contribution in [0.5, 0.6) is 0 Å². The van der Waals surface area contributed by atoms with Gasteiger partial charge in [0.05, 0.1) is 0 Å². The van der Waals surface area contributed by atoms with Crippen molar-refractivity contribution in [2.45, 2.75) is 38.1 Å². The summed E-state index contributed by atoms with van der Waals surface area (Å²) in [6.45, 7) is 0.628. The highest BCUT2D eigenvalue weighted by Gasteiger charge is 2.29. The van der Waals surface area contributed by atoms with E-state index in [1.165, 1.54) is 0 Å². The number of carbonyl (C=O) groups excluding carboxylic acids is 2. The van der Waals surface area contributed by atoms with Crippen LogP contribution in [-0.4, -0.2) is 29.3 Å². The lowest BCUT2D eigenvalue weighted by atomic mass is 10.0. The van der Waals surface area contributed by atoms with Gasteiger partial charge in [-0.05, 0) is 43.4 Å². The maximum Gasteiger partial charge on any atom is 0.240 e. The van der Waals surface area contributed by atoms with Crippen LogP contribution in [0.1, 0.15) is 31.2 Å². The molecule has 108 valence electrons. The average molecular weight is 275 g/mol. The summed E-state index contributed by atoms with van der Waals surface area (Å²) in [7, 11) is 0. The number of hydrogen-bond acceptors (Lipinski definition) is 3. The van der Waals surface area contributed by atoms with Crippen LogP contribution in [0.3, 0.4) is 0 Å². The summed E-state index contributed by atoms with van der Waals surface area (Å²) in [4.78, 5) is 25.3. The third-order valence-corrected chi connectivity index (χ3v) is 3.73. The highest BCUT2D eigenvalue weighted by atomic mass is 16.2. The maximum atomic E-state index is 12.3. The van der Waals surface area contributed by atoms with Crippen LogP contribution in [0.15, 0.2) is 24.3 Å². The summed E-state index contributed by atoms with van der Waals surface area (Å²) >= 11 is 0. The zero-order chi connectivity index (χ0) is 14.5. The molecule has 5 heteroatoms. The Morgan fingerprint density at radius 3 is 2.80 bits per heavy atom. The van der Waals surface area contributed by atoms with E-state index in [4.69, 9.17) is 11.5 Å². The number of amides is 2. The molecule has 2 rings (SSSR count). The van der Waals surface area contributed by atoms with Crippen LogP contribution in [-0.2, 0) is 16.0 Å². The van der Waals surface area contributed by atoms with Crippen LogP contribution in [0.25, 0.3) is 0 Å². The molecular weight excluding hydrogens is 254 g/mol. The minimum absolute atomic E-state index is 0.00377. The lowest BCUT2D eigenvalue weighted by Gasteiger charge is -2.33. The van der Waals surface area contributed by atoms with E-state index in [0.717, 1.165) is 18.4 Å². The molecule has 1 aromatic rings. The second kappa shape index (κ2) is 6.41. The van der Waals surface area contributed by atoms with E-state index in [0.29, 0.717) is 31.5 Å². The number of nitrogens with zero attached hydrogens (tertiary/aromatic N) is 1. The Morgan fingerprint density at radius 1 is 1.30 bits per heavy atom. The van der Waals surface area contributed by atoms with Crippen molar-refractivity contribution in [2.75, 3.05) is 12.3 Å². The lowest BCUT2D eigenvalue weighted by Crippen LogP contribution is -2.50. The number of hydrogen-bond donors (Lipinski definition) is 2. The van der Waals surface area contributed by atoms with Crippen LogP contribution in [0.4, 0.5) is 5.69 Å². The predicted molar refractivity (Wildman–Crippen MR) is 77.7 cm³/mol. The number of carbonyl (C=O) groups is 2. The molecule has 5 nitrogen and oxygen atoms in total. The Labute approximate surface area is 118 Å². The van der Waals surface area contributed by atoms with Crippen molar-refractivity contribution in [1.29, 1.82) is 0 Å². The summed E-state index contributed by atoms with van der Waals surface area (Å²) in [5.74, 6) is -0.405.